The fourth-order valence-electron chi connectivity index (χ4n) is 1.87. The van der Waals surface area contributed by atoms with Crippen LogP contribution in [0.2, 0.25) is 0 Å². The monoisotopic (exact) mass is 315 g/mol. The molecule has 0 heterocycles. The van der Waals surface area contributed by atoms with Crippen molar-refractivity contribution < 1.29 is 0 Å². The van der Waals surface area contributed by atoms with Crippen LogP contribution in [0.15, 0.2) is 46.9 Å². The number of rotatable bonds is 3. The first-order chi connectivity index (χ1) is 9.10. The van der Waals surface area contributed by atoms with Crippen molar-refractivity contribution >= 4 is 27.3 Å². The van der Waals surface area contributed by atoms with Gasteiger partial charge in [0, 0.05) is 29.4 Å². The van der Waals surface area contributed by atoms with Gasteiger partial charge in [0.05, 0.1) is 11.6 Å². The zero-order chi connectivity index (χ0) is 13.8. The molecule has 3 nitrogen and oxygen atoms in total. The Hall–Kier alpha value is -1.99. The molecule has 19 heavy (non-hydrogen) atoms. The lowest BCUT2D eigenvalue weighted by atomic mass is 10.1. The van der Waals surface area contributed by atoms with E-state index in [4.69, 9.17) is 11.0 Å². The molecule has 0 saturated carbocycles. The van der Waals surface area contributed by atoms with Crippen LogP contribution in [-0.4, -0.2) is 7.05 Å². The second-order valence-corrected chi connectivity index (χ2v) is 5.28. The van der Waals surface area contributed by atoms with Crippen LogP contribution in [0.1, 0.15) is 11.1 Å². The summed E-state index contributed by atoms with van der Waals surface area (Å²) in [5, 5.41) is 8.91. The van der Waals surface area contributed by atoms with E-state index in [1.807, 2.05) is 43.4 Å². The highest BCUT2D eigenvalue weighted by molar-refractivity contribution is 9.10. The van der Waals surface area contributed by atoms with E-state index in [1.165, 1.54) is 0 Å². The molecule has 0 aliphatic rings. The molecule has 4 heteroatoms. The van der Waals surface area contributed by atoms with Crippen LogP contribution in [0, 0.1) is 11.3 Å². The Labute approximate surface area is 121 Å². The molecule has 0 bridgehead atoms. The number of anilines is 2. The van der Waals surface area contributed by atoms with Crippen LogP contribution >= 0.6 is 15.9 Å². The number of hydrogen-bond donors (Lipinski definition) is 1. The Kier molecular flexibility index (Phi) is 4.08. The minimum Gasteiger partial charge on any atom is -0.398 e. The molecule has 0 aromatic heterocycles. The lowest BCUT2D eigenvalue weighted by Gasteiger charge is -2.20. The Morgan fingerprint density at radius 1 is 1.26 bits per heavy atom. The van der Waals surface area contributed by atoms with Gasteiger partial charge in [-0.15, -0.1) is 0 Å². The first-order valence-electron chi connectivity index (χ1n) is 5.85. The molecule has 2 aromatic rings. The van der Waals surface area contributed by atoms with Gasteiger partial charge in [0.25, 0.3) is 0 Å². The van der Waals surface area contributed by atoms with Crippen molar-refractivity contribution in [3.05, 3.63) is 58.1 Å². The number of benzene rings is 2. The summed E-state index contributed by atoms with van der Waals surface area (Å²) in [4.78, 5) is 2.07. The second-order valence-electron chi connectivity index (χ2n) is 4.36. The van der Waals surface area contributed by atoms with E-state index in [1.54, 1.807) is 6.07 Å². The topological polar surface area (TPSA) is 53.0 Å². The predicted molar refractivity (Wildman–Crippen MR) is 81.8 cm³/mol. The molecule has 0 aliphatic heterocycles. The molecule has 2 N–H and O–H groups in total. The third-order valence-electron chi connectivity index (χ3n) is 2.93. The third-order valence-corrected chi connectivity index (χ3v) is 3.42. The minimum atomic E-state index is 0.660. The first-order valence-corrected chi connectivity index (χ1v) is 6.64. The van der Waals surface area contributed by atoms with E-state index in [-0.39, 0.29) is 0 Å². The van der Waals surface area contributed by atoms with Crippen LogP contribution in [0.3, 0.4) is 0 Å². The van der Waals surface area contributed by atoms with Gasteiger partial charge in [-0.3, -0.25) is 0 Å². The van der Waals surface area contributed by atoms with Crippen molar-refractivity contribution in [3.8, 4) is 6.07 Å². The van der Waals surface area contributed by atoms with Gasteiger partial charge in [0.2, 0.25) is 0 Å². The Morgan fingerprint density at radius 2 is 2.05 bits per heavy atom. The smallest absolute Gasteiger partial charge is 0.0992 e. The Bertz CT molecular complexity index is 632. The van der Waals surface area contributed by atoms with Gasteiger partial charge in [0.1, 0.15) is 0 Å². The number of nitriles is 1. The van der Waals surface area contributed by atoms with Crippen LogP contribution in [0.4, 0.5) is 11.4 Å². The summed E-state index contributed by atoms with van der Waals surface area (Å²) >= 11 is 3.40. The molecule has 0 aliphatic carbocycles. The molecule has 2 rings (SSSR count). The number of nitrogens with zero attached hydrogens (tertiary/aromatic N) is 2. The predicted octanol–water partition coefficient (Wildman–Crippen LogP) is 3.54. The van der Waals surface area contributed by atoms with Gasteiger partial charge in [-0.25, -0.2) is 0 Å². The summed E-state index contributed by atoms with van der Waals surface area (Å²) < 4.78 is 0.975. The van der Waals surface area contributed by atoms with E-state index in [2.05, 4.69) is 26.9 Å². The summed E-state index contributed by atoms with van der Waals surface area (Å²) in [5.41, 5.74) is 9.48. The number of nitrogens with two attached hydrogens (primary N) is 1. The molecule has 0 saturated heterocycles. The molecule has 0 atom stereocenters. The average Bonchev–Trinajstić information content (AvgIpc) is 2.42. The van der Waals surface area contributed by atoms with Crippen LogP contribution < -0.4 is 10.6 Å². The lowest BCUT2D eigenvalue weighted by molar-refractivity contribution is 0.925. The number of halogens is 1. The maximum atomic E-state index is 8.91. The summed E-state index contributed by atoms with van der Waals surface area (Å²) in [6.07, 6.45) is 0. The first kappa shape index (κ1) is 13.4. The van der Waals surface area contributed by atoms with Crippen LogP contribution in [0.5, 0.6) is 0 Å². The van der Waals surface area contributed by atoms with Crippen molar-refractivity contribution in [2.45, 2.75) is 6.54 Å². The van der Waals surface area contributed by atoms with E-state index in [0.29, 0.717) is 12.1 Å². The fraction of sp³-hybridized carbons (Fsp3) is 0.133. The van der Waals surface area contributed by atoms with Crippen molar-refractivity contribution in [2.75, 3.05) is 17.7 Å². The van der Waals surface area contributed by atoms with Crippen LogP contribution in [-0.2, 0) is 6.54 Å². The van der Waals surface area contributed by atoms with E-state index >= 15 is 0 Å². The largest absolute Gasteiger partial charge is 0.398 e. The maximum absolute atomic E-state index is 8.91. The van der Waals surface area contributed by atoms with Gasteiger partial charge >= 0.3 is 0 Å². The Balaban J connectivity index is 2.20. The van der Waals surface area contributed by atoms with Gasteiger partial charge < -0.3 is 10.6 Å². The molecule has 0 amide bonds. The molecule has 2 aromatic carbocycles. The SMILES string of the molecule is CN(Cc1ccc(Br)cc1N)c1cccc(C#N)c1. The van der Waals surface area contributed by atoms with Crippen molar-refractivity contribution in [3.63, 3.8) is 0 Å². The van der Waals surface area contributed by atoms with Gasteiger partial charge in [0.15, 0.2) is 0 Å². The zero-order valence-electron chi connectivity index (χ0n) is 10.6. The second kappa shape index (κ2) is 5.77. The highest BCUT2D eigenvalue weighted by Gasteiger charge is 2.06. The Morgan fingerprint density at radius 3 is 2.74 bits per heavy atom. The lowest BCUT2D eigenvalue weighted by Crippen LogP contribution is -2.17. The molecular formula is C15H14BrN3. The van der Waals surface area contributed by atoms with Crippen molar-refractivity contribution in [1.82, 2.24) is 0 Å². The van der Waals surface area contributed by atoms with E-state index in [0.717, 1.165) is 21.4 Å². The average molecular weight is 316 g/mol. The van der Waals surface area contributed by atoms with Gasteiger partial charge in [-0.2, -0.15) is 5.26 Å². The molecule has 0 fully saturated rings. The van der Waals surface area contributed by atoms with Crippen LogP contribution in [0.25, 0.3) is 0 Å². The highest BCUT2D eigenvalue weighted by atomic mass is 79.9. The third kappa shape index (κ3) is 3.27. The normalized spacial score (nSPS) is 9.95. The quantitative estimate of drug-likeness (QED) is 0.881. The molecule has 96 valence electrons. The summed E-state index contributed by atoms with van der Waals surface area (Å²) in [5.74, 6) is 0. The minimum absolute atomic E-state index is 0.660. The summed E-state index contributed by atoms with van der Waals surface area (Å²) in [6.45, 7) is 0.702. The molecule has 0 spiro atoms. The summed E-state index contributed by atoms with van der Waals surface area (Å²) in [7, 11) is 1.98. The maximum Gasteiger partial charge on any atom is 0.0992 e. The fourth-order valence-corrected chi connectivity index (χ4v) is 2.25. The van der Waals surface area contributed by atoms with E-state index in [9.17, 15) is 0 Å². The standard InChI is InChI=1S/C15H14BrN3/c1-19(14-4-2-3-11(7-14)9-17)10-12-5-6-13(16)8-15(12)18/h2-8H,10,18H2,1H3. The van der Waals surface area contributed by atoms with Crippen molar-refractivity contribution in [2.24, 2.45) is 0 Å². The zero-order valence-corrected chi connectivity index (χ0v) is 12.2. The van der Waals surface area contributed by atoms with Gasteiger partial charge in [-0.05, 0) is 35.9 Å². The number of hydrogen-bond acceptors (Lipinski definition) is 3. The van der Waals surface area contributed by atoms with Gasteiger partial charge in [-0.1, -0.05) is 28.1 Å². The van der Waals surface area contributed by atoms with E-state index < -0.39 is 0 Å². The highest BCUT2D eigenvalue weighted by Crippen LogP contribution is 2.22. The molecule has 0 unspecified atom stereocenters. The summed E-state index contributed by atoms with van der Waals surface area (Å²) in [6, 6.07) is 15.6. The number of nitrogen functional groups attached to an aromatic ring is 1. The molecular weight excluding hydrogens is 302 g/mol. The molecule has 0 radical (unpaired) electrons. The van der Waals surface area contributed by atoms with Crippen molar-refractivity contribution in [1.29, 1.82) is 5.26 Å².